The average molecular weight is 425 g/mol. The lowest BCUT2D eigenvalue weighted by Gasteiger charge is -2.50. The van der Waals surface area contributed by atoms with E-state index in [1.165, 1.54) is 34.5 Å². The summed E-state index contributed by atoms with van der Waals surface area (Å²) >= 11 is 0. The van der Waals surface area contributed by atoms with Crippen LogP contribution in [0.2, 0.25) is 0 Å². The topological polar surface area (TPSA) is 28.9 Å². The van der Waals surface area contributed by atoms with Crippen molar-refractivity contribution in [3.8, 4) is 16.9 Å². The Balaban J connectivity index is 1.33. The number of benzene rings is 3. The SMILES string of the molecule is CC[NH+]1CCC2(CC1)Oc1ccccc1[C@H]1C=C(c3ccc(-c4ccccc4)cc3)NN12. The number of para-hydroxylation sites is 1. The quantitative estimate of drug-likeness (QED) is 0.665. The second kappa shape index (κ2) is 7.80. The molecule has 4 heteroatoms. The lowest BCUT2D eigenvalue weighted by molar-refractivity contribution is -0.906. The Morgan fingerprint density at radius 2 is 1.53 bits per heavy atom. The highest BCUT2D eigenvalue weighted by Gasteiger charge is 2.52. The van der Waals surface area contributed by atoms with Gasteiger partial charge in [-0.15, -0.1) is 0 Å². The highest BCUT2D eigenvalue weighted by molar-refractivity contribution is 5.71. The second-order valence-corrected chi connectivity index (χ2v) is 9.14. The Bertz CT molecular complexity index is 1130. The zero-order valence-electron chi connectivity index (χ0n) is 18.6. The number of nitrogens with one attached hydrogen (secondary N) is 2. The highest BCUT2D eigenvalue weighted by Crippen LogP contribution is 2.47. The van der Waals surface area contributed by atoms with Gasteiger partial charge in [0.25, 0.3) is 0 Å². The fourth-order valence-electron chi connectivity index (χ4n) is 5.45. The predicted octanol–water partition coefficient (Wildman–Crippen LogP) is 4.04. The number of ether oxygens (including phenoxy) is 1. The number of likely N-dealkylation sites (tertiary alicyclic amines) is 1. The number of hydrogen-bond donors (Lipinski definition) is 2. The van der Waals surface area contributed by atoms with Gasteiger partial charge >= 0.3 is 0 Å². The first kappa shape index (κ1) is 19.6. The van der Waals surface area contributed by atoms with E-state index >= 15 is 0 Å². The number of rotatable bonds is 3. The van der Waals surface area contributed by atoms with Crippen LogP contribution in [0.15, 0.2) is 84.9 Å². The van der Waals surface area contributed by atoms with Crippen LogP contribution in [0.5, 0.6) is 5.75 Å². The number of quaternary nitrogens is 1. The molecule has 6 rings (SSSR count). The number of hydrazine groups is 1. The van der Waals surface area contributed by atoms with Gasteiger partial charge in [0.1, 0.15) is 5.75 Å². The lowest BCUT2D eigenvalue weighted by atomic mass is 9.93. The Morgan fingerprint density at radius 1 is 0.875 bits per heavy atom. The minimum absolute atomic E-state index is 0.187. The van der Waals surface area contributed by atoms with E-state index in [0.29, 0.717) is 0 Å². The molecular weight excluding hydrogens is 394 g/mol. The van der Waals surface area contributed by atoms with Crippen molar-refractivity contribution in [3.05, 3.63) is 96.1 Å². The molecule has 1 spiro atoms. The predicted molar refractivity (Wildman–Crippen MR) is 128 cm³/mol. The normalized spacial score (nSPS) is 26.6. The van der Waals surface area contributed by atoms with Crippen LogP contribution in [-0.2, 0) is 0 Å². The second-order valence-electron chi connectivity index (χ2n) is 9.14. The monoisotopic (exact) mass is 424 g/mol. The molecule has 3 aliphatic rings. The van der Waals surface area contributed by atoms with E-state index in [2.05, 4.69) is 102 Å². The summed E-state index contributed by atoms with van der Waals surface area (Å²) in [6, 6.07) is 28.2. The Labute approximate surface area is 190 Å². The maximum Gasteiger partial charge on any atom is 0.191 e. The van der Waals surface area contributed by atoms with Crippen molar-refractivity contribution in [2.24, 2.45) is 0 Å². The summed E-state index contributed by atoms with van der Waals surface area (Å²) in [4.78, 5) is 1.67. The van der Waals surface area contributed by atoms with Crippen molar-refractivity contribution in [3.63, 3.8) is 0 Å². The molecule has 0 radical (unpaired) electrons. The third kappa shape index (κ3) is 3.22. The van der Waals surface area contributed by atoms with Crippen LogP contribution in [0.3, 0.4) is 0 Å². The van der Waals surface area contributed by atoms with Crippen molar-refractivity contribution in [1.82, 2.24) is 10.4 Å². The van der Waals surface area contributed by atoms with Crippen LogP contribution in [0.1, 0.15) is 36.9 Å². The molecule has 0 bridgehead atoms. The molecule has 3 aromatic carbocycles. The first-order valence-electron chi connectivity index (χ1n) is 11.8. The van der Waals surface area contributed by atoms with E-state index in [9.17, 15) is 0 Å². The summed E-state index contributed by atoms with van der Waals surface area (Å²) in [7, 11) is 0. The lowest BCUT2D eigenvalue weighted by Crippen LogP contribution is -3.13. The molecule has 0 aromatic heterocycles. The van der Waals surface area contributed by atoms with E-state index in [1.807, 2.05) is 0 Å². The third-order valence-corrected chi connectivity index (χ3v) is 7.36. The Morgan fingerprint density at radius 3 is 2.28 bits per heavy atom. The number of hydrogen-bond acceptors (Lipinski definition) is 3. The van der Waals surface area contributed by atoms with Crippen molar-refractivity contribution in [2.75, 3.05) is 19.6 Å². The van der Waals surface area contributed by atoms with E-state index in [1.54, 1.807) is 4.90 Å². The summed E-state index contributed by atoms with van der Waals surface area (Å²) in [6.07, 6.45) is 4.43. The van der Waals surface area contributed by atoms with E-state index in [4.69, 9.17) is 4.74 Å². The zero-order chi connectivity index (χ0) is 21.5. The molecular formula is C28H30N3O+. The molecule has 0 saturated carbocycles. The van der Waals surface area contributed by atoms with Crippen LogP contribution < -0.4 is 15.1 Å². The standard InChI is InChI=1S/C28H29N3O/c1-2-30-18-16-28(17-19-30)31-26(24-10-6-7-11-27(24)32-28)20-25(29-31)23-14-12-22(13-15-23)21-8-4-3-5-9-21/h3-15,20,26,29H,2,16-19H2,1H3/p+1/t26-/m1/s1. The first-order chi connectivity index (χ1) is 15.8. The highest BCUT2D eigenvalue weighted by atomic mass is 16.5. The van der Waals surface area contributed by atoms with Crippen molar-refractivity contribution in [1.29, 1.82) is 0 Å². The smallest absolute Gasteiger partial charge is 0.191 e. The molecule has 1 atom stereocenters. The van der Waals surface area contributed by atoms with E-state index < -0.39 is 0 Å². The fraction of sp³-hybridized carbons (Fsp3) is 0.286. The summed E-state index contributed by atoms with van der Waals surface area (Å²) in [5.74, 6) is 1.03. The maximum atomic E-state index is 6.75. The summed E-state index contributed by atoms with van der Waals surface area (Å²) in [5.41, 5.74) is 9.58. The van der Waals surface area contributed by atoms with Gasteiger partial charge in [0.05, 0.1) is 44.2 Å². The fourth-order valence-corrected chi connectivity index (χ4v) is 5.45. The molecule has 1 saturated heterocycles. The third-order valence-electron chi connectivity index (χ3n) is 7.36. The number of nitrogens with zero attached hydrogens (tertiary/aromatic N) is 1. The maximum absolute atomic E-state index is 6.75. The largest absolute Gasteiger partial charge is 0.470 e. The van der Waals surface area contributed by atoms with Gasteiger partial charge in [0, 0.05) is 5.56 Å². The molecule has 0 aliphatic carbocycles. The molecule has 3 aliphatic heterocycles. The molecule has 1 fully saturated rings. The molecule has 162 valence electrons. The number of piperidine rings is 1. The van der Waals surface area contributed by atoms with Gasteiger partial charge in [-0.2, -0.15) is 5.01 Å². The average Bonchev–Trinajstić information content (AvgIpc) is 3.32. The summed E-state index contributed by atoms with van der Waals surface area (Å²) in [5, 5.41) is 2.39. The van der Waals surface area contributed by atoms with Gasteiger partial charge < -0.3 is 15.1 Å². The van der Waals surface area contributed by atoms with Gasteiger partial charge in [-0.25, -0.2) is 0 Å². The minimum Gasteiger partial charge on any atom is -0.470 e. The zero-order valence-corrected chi connectivity index (χ0v) is 18.6. The van der Waals surface area contributed by atoms with Crippen LogP contribution in [0.4, 0.5) is 0 Å². The molecule has 4 nitrogen and oxygen atoms in total. The Kier molecular flexibility index (Phi) is 4.78. The first-order valence-corrected chi connectivity index (χ1v) is 11.8. The molecule has 0 amide bonds. The molecule has 3 heterocycles. The van der Waals surface area contributed by atoms with Crippen molar-refractivity contribution < 1.29 is 9.64 Å². The molecule has 32 heavy (non-hydrogen) atoms. The van der Waals surface area contributed by atoms with Gasteiger partial charge in [-0.05, 0) is 35.8 Å². The van der Waals surface area contributed by atoms with Crippen LogP contribution in [-0.4, -0.2) is 30.4 Å². The van der Waals surface area contributed by atoms with Gasteiger partial charge in [0.2, 0.25) is 0 Å². The molecule has 2 N–H and O–H groups in total. The van der Waals surface area contributed by atoms with Crippen LogP contribution >= 0.6 is 0 Å². The molecule has 3 aromatic rings. The van der Waals surface area contributed by atoms with Crippen LogP contribution in [0, 0.1) is 0 Å². The number of fused-ring (bicyclic) bond motifs is 4. The van der Waals surface area contributed by atoms with Crippen molar-refractivity contribution >= 4 is 5.70 Å². The van der Waals surface area contributed by atoms with E-state index in [-0.39, 0.29) is 11.8 Å². The van der Waals surface area contributed by atoms with Gasteiger partial charge in [-0.3, -0.25) is 0 Å². The Hall–Kier alpha value is -3.08. The van der Waals surface area contributed by atoms with Gasteiger partial charge in [0.15, 0.2) is 5.72 Å². The van der Waals surface area contributed by atoms with E-state index in [0.717, 1.165) is 31.7 Å². The van der Waals surface area contributed by atoms with Crippen LogP contribution in [0.25, 0.3) is 16.8 Å². The van der Waals surface area contributed by atoms with Gasteiger partial charge in [-0.1, -0.05) is 72.8 Å². The van der Waals surface area contributed by atoms with Crippen molar-refractivity contribution in [2.45, 2.75) is 31.5 Å². The minimum atomic E-state index is -0.292. The summed E-state index contributed by atoms with van der Waals surface area (Å²) < 4.78 is 6.75. The summed E-state index contributed by atoms with van der Waals surface area (Å²) in [6.45, 7) is 5.75. The molecule has 0 unspecified atom stereocenters.